The number of hydrogen-bond acceptors (Lipinski definition) is 5. The first-order chi connectivity index (χ1) is 9.99. The van der Waals surface area contributed by atoms with Gasteiger partial charge in [0.1, 0.15) is 5.82 Å². The maximum atomic E-state index is 11.8. The van der Waals surface area contributed by atoms with E-state index >= 15 is 0 Å². The molecule has 0 fully saturated rings. The van der Waals surface area contributed by atoms with Gasteiger partial charge in [-0.05, 0) is 26.0 Å². The highest BCUT2D eigenvalue weighted by Crippen LogP contribution is 2.04. The lowest BCUT2D eigenvalue weighted by Crippen LogP contribution is -2.31. The number of nitrogens with zero attached hydrogens (tertiary/aromatic N) is 4. The molecule has 1 rings (SSSR count). The van der Waals surface area contributed by atoms with Crippen molar-refractivity contribution in [3.8, 4) is 0 Å². The summed E-state index contributed by atoms with van der Waals surface area (Å²) in [6, 6.07) is 3.30. The number of anilines is 1. The second-order valence-electron chi connectivity index (χ2n) is 4.75. The molecular weight excluding hydrogens is 270 g/mol. The molecule has 2 amide bonds. The van der Waals surface area contributed by atoms with E-state index < -0.39 is 0 Å². The molecule has 0 aliphatic rings. The molecule has 116 valence electrons. The second kappa shape index (κ2) is 8.18. The van der Waals surface area contributed by atoms with Crippen molar-refractivity contribution in [2.75, 3.05) is 39.0 Å². The Morgan fingerprint density at radius 2 is 1.81 bits per heavy atom. The van der Waals surface area contributed by atoms with Gasteiger partial charge in [0.25, 0.3) is 5.91 Å². The maximum absolute atomic E-state index is 11.8. The highest BCUT2D eigenvalue weighted by Gasteiger charge is 2.11. The van der Waals surface area contributed by atoms with Gasteiger partial charge in [0.05, 0.1) is 0 Å². The molecule has 0 radical (unpaired) electrons. The van der Waals surface area contributed by atoms with Gasteiger partial charge >= 0.3 is 0 Å². The fourth-order valence-corrected chi connectivity index (χ4v) is 1.80. The molecule has 0 bridgehead atoms. The average molecular weight is 293 g/mol. The van der Waals surface area contributed by atoms with Crippen molar-refractivity contribution in [2.24, 2.45) is 0 Å². The quantitative estimate of drug-likeness (QED) is 0.806. The van der Waals surface area contributed by atoms with E-state index in [0.717, 1.165) is 13.1 Å². The molecule has 0 atom stereocenters. The highest BCUT2D eigenvalue weighted by molar-refractivity contribution is 5.91. The van der Waals surface area contributed by atoms with Gasteiger partial charge in [0.2, 0.25) is 5.91 Å². The van der Waals surface area contributed by atoms with Crippen LogP contribution in [0.2, 0.25) is 0 Å². The van der Waals surface area contributed by atoms with Crippen molar-refractivity contribution in [3.05, 3.63) is 17.8 Å². The van der Waals surface area contributed by atoms with E-state index in [1.165, 1.54) is 4.90 Å². The molecule has 1 heterocycles. The van der Waals surface area contributed by atoms with E-state index in [2.05, 4.69) is 15.5 Å². The Bertz CT molecular complexity index is 469. The summed E-state index contributed by atoms with van der Waals surface area (Å²) in [6.07, 6.45) is 0.405. The maximum Gasteiger partial charge on any atom is 0.273 e. The second-order valence-corrected chi connectivity index (χ2v) is 4.75. The predicted molar refractivity (Wildman–Crippen MR) is 81.1 cm³/mol. The molecule has 0 unspecified atom stereocenters. The molecule has 1 aromatic rings. The Morgan fingerprint density at radius 3 is 2.29 bits per heavy atom. The summed E-state index contributed by atoms with van der Waals surface area (Å²) >= 11 is 0. The monoisotopic (exact) mass is 293 g/mol. The van der Waals surface area contributed by atoms with Crippen molar-refractivity contribution < 1.29 is 9.59 Å². The van der Waals surface area contributed by atoms with Gasteiger partial charge in [-0.25, -0.2) is 0 Å². The number of amides is 2. The summed E-state index contributed by atoms with van der Waals surface area (Å²) in [5.74, 6) is 0.475. The third kappa shape index (κ3) is 5.02. The summed E-state index contributed by atoms with van der Waals surface area (Å²) in [4.78, 5) is 26.7. The van der Waals surface area contributed by atoms with Crippen LogP contribution in [-0.2, 0) is 4.79 Å². The number of hydrogen-bond donors (Lipinski definition) is 1. The fraction of sp³-hybridized carbons (Fsp3) is 0.571. The van der Waals surface area contributed by atoms with Crippen molar-refractivity contribution in [1.82, 2.24) is 20.0 Å². The molecule has 7 nitrogen and oxygen atoms in total. The topological polar surface area (TPSA) is 78.4 Å². The molecule has 1 N–H and O–H groups in total. The molecule has 0 aliphatic heterocycles. The Hall–Kier alpha value is -2.18. The molecule has 1 aromatic heterocycles. The minimum absolute atomic E-state index is 0.111. The van der Waals surface area contributed by atoms with Gasteiger partial charge in [0, 0.05) is 40.2 Å². The van der Waals surface area contributed by atoms with Crippen LogP contribution in [0.1, 0.15) is 30.8 Å². The zero-order chi connectivity index (χ0) is 15.8. The minimum atomic E-state index is -0.189. The molecule has 7 heteroatoms. The van der Waals surface area contributed by atoms with Crippen LogP contribution in [0.5, 0.6) is 0 Å². The third-order valence-corrected chi connectivity index (χ3v) is 3.05. The van der Waals surface area contributed by atoms with Crippen molar-refractivity contribution in [3.63, 3.8) is 0 Å². The average Bonchev–Trinajstić information content (AvgIpc) is 2.48. The first-order valence-corrected chi connectivity index (χ1v) is 7.06. The number of nitrogens with one attached hydrogen (secondary N) is 1. The third-order valence-electron chi connectivity index (χ3n) is 3.05. The summed E-state index contributed by atoms with van der Waals surface area (Å²) in [5, 5.41) is 10.8. The lowest BCUT2D eigenvalue weighted by Gasteiger charge is -2.18. The fourth-order valence-electron chi connectivity index (χ4n) is 1.80. The van der Waals surface area contributed by atoms with Crippen molar-refractivity contribution in [2.45, 2.75) is 20.3 Å². The number of rotatable bonds is 7. The standard InChI is InChI=1S/C14H23N5O2/c1-5-19(6-2)13(20)9-10-15-12-8-7-11(16-17-12)14(21)18(3)4/h7-8H,5-6,9-10H2,1-4H3,(H,15,17). The number of carbonyl (C=O) groups excluding carboxylic acids is 2. The van der Waals surface area contributed by atoms with E-state index in [-0.39, 0.29) is 11.8 Å². The van der Waals surface area contributed by atoms with Crippen LogP contribution in [0.25, 0.3) is 0 Å². The van der Waals surface area contributed by atoms with Crippen LogP contribution in [0.4, 0.5) is 5.82 Å². The van der Waals surface area contributed by atoms with Gasteiger partial charge < -0.3 is 15.1 Å². The predicted octanol–water partition coefficient (Wildman–Crippen LogP) is 0.849. The number of aromatic nitrogens is 2. The normalized spacial score (nSPS) is 10.1. The Kier molecular flexibility index (Phi) is 6.58. The lowest BCUT2D eigenvalue weighted by molar-refractivity contribution is -0.130. The van der Waals surface area contributed by atoms with E-state index in [0.29, 0.717) is 24.5 Å². The van der Waals surface area contributed by atoms with Crippen LogP contribution in [0.3, 0.4) is 0 Å². The Balaban J connectivity index is 2.46. The van der Waals surface area contributed by atoms with Gasteiger partial charge in [-0.15, -0.1) is 10.2 Å². The van der Waals surface area contributed by atoms with E-state index in [4.69, 9.17) is 0 Å². The van der Waals surface area contributed by atoms with E-state index in [1.807, 2.05) is 13.8 Å². The smallest absolute Gasteiger partial charge is 0.273 e. The first-order valence-electron chi connectivity index (χ1n) is 7.06. The number of carbonyl (C=O) groups is 2. The zero-order valence-corrected chi connectivity index (χ0v) is 13.1. The van der Waals surface area contributed by atoms with Gasteiger partial charge in [-0.3, -0.25) is 9.59 Å². The summed E-state index contributed by atoms with van der Waals surface area (Å²) < 4.78 is 0. The molecule has 0 aliphatic carbocycles. The van der Waals surface area contributed by atoms with Crippen LogP contribution in [0.15, 0.2) is 12.1 Å². The van der Waals surface area contributed by atoms with Crippen LogP contribution < -0.4 is 5.32 Å². The SMILES string of the molecule is CCN(CC)C(=O)CCNc1ccc(C(=O)N(C)C)nn1. The first kappa shape index (κ1) is 16.9. The van der Waals surface area contributed by atoms with Gasteiger partial charge in [-0.2, -0.15) is 0 Å². The van der Waals surface area contributed by atoms with E-state index in [9.17, 15) is 9.59 Å². The van der Waals surface area contributed by atoms with Gasteiger partial charge in [-0.1, -0.05) is 0 Å². The van der Waals surface area contributed by atoms with Crippen LogP contribution in [0, 0.1) is 0 Å². The molecule has 0 saturated carbocycles. The molecule has 0 aromatic carbocycles. The summed E-state index contributed by atoms with van der Waals surface area (Å²) in [6.45, 7) is 5.85. The van der Waals surface area contributed by atoms with Crippen molar-refractivity contribution >= 4 is 17.6 Å². The molecular formula is C14H23N5O2. The lowest BCUT2D eigenvalue weighted by atomic mass is 10.3. The molecule has 0 saturated heterocycles. The minimum Gasteiger partial charge on any atom is -0.368 e. The van der Waals surface area contributed by atoms with E-state index in [1.54, 1.807) is 31.1 Å². The van der Waals surface area contributed by atoms with Crippen LogP contribution >= 0.6 is 0 Å². The summed E-state index contributed by atoms with van der Waals surface area (Å²) in [5.41, 5.74) is 0.296. The zero-order valence-electron chi connectivity index (χ0n) is 13.1. The molecule has 21 heavy (non-hydrogen) atoms. The Morgan fingerprint density at radius 1 is 1.14 bits per heavy atom. The highest BCUT2D eigenvalue weighted by atomic mass is 16.2. The largest absolute Gasteiger partial charge is 0.368 e. The Labute approximate surface area is 125 Å². The molecule has 0 spiro atoms. The van der Waals surface area contributed by atoms with Crippen LogP contribution in [-0.4, -0.2) is 65.5 Å². The van der Waals surface area contributed by atoms with Crippen molar-refractivity contribution in [1.29, 1.82) is 0 Å². The van der Waals surface area contributed by atoms with Gasteiger partial charge in [0.15, 0.2) is 5.69 Å². The summed E-state index contributed by atoms with van der Waals surface area (Å²) in [7, 11) is 3.32.